The first-order valence-electron chi connectivity index (χ1n) is 6.99. The van der Waals surface area contributed by atoms with Gasteiger partial charge in [0.1, 0.15) is 11.7 Å². The minimum Gasteiger partial charge on any atom is -0.286 e. The highest BCUT2D eigenvalue weighted by atomic mass is 32.2. The number of fused-ring (bicyclic) bond motifs is 2. The third-order valence-electron chi connectivity index (χ3n) is 3.32. The standard InChI is InChI=1S/C16H14N4S2/c1-3-7-13-11(5-1)17-15(9-21-13)19-20-16-10-22-14-8-4-2-6-12(14)18-16/h1-8H,9-10H2,(H,17,19)(H,18,20). The molecular weight excluding hydrogens is 312 g/mol. The van der Waals surface area contributed by atoms with Crippen LogP contribution in [0.4, 0.5) is 11.4 Å². The van der Waals surface area contributed by atoms with Gasteiger partial charge in [-0.2, -0.15) is 0 Å². The van der Waals surface area contributed by atoms with Gasteiger partial charge in [0.25, 0.3) is 0 Å². The molecule has 0 spiro atoms. The van der Waals surface area contributed by atoms with Gasteiger partial charge in [0.05, 0.1) is 22.9 Å². The number of hydrogen-bond acceptors (Lipinski definition) is 6. The highest BCUT2D eigenvalue weighted by Crippen LogP contribution is 2.34. The number of aliphatic imine (C=N–C) groups is 2. The van der Waals surface area contributed by atoms with E-state index in [1.165, 1.54) is 9.79 Å². The van der Waals surface area contributed by atoms with E-state index in [0.717, 1.165) is 34.6 Å². The highest BCUT2D eigenvalue weighted by molar-refractivity contribution is 8.00. The fourth-order valence-electron chi connectivity index (χ4n) is 2.26. The van der Waals surface area contributed by atoms with Crippen LogP contribution in [0.25, 0.3) is 0 Å². The first kappa shape index (κ1) is 13.7. The van der Waals surface area contributed by atoms with Crippen molar-refractivity contribution in [3.63, 3.8) is 0 Å². The third kappa shape index (κ3) is 2.84. The van der Waals surface area contributed by atoms with Crippen molar-refractivity contribution in [1.29, 1.82) is 0 Å². The Morgan fingerprint density at radius 2 is 1.14 bits per heavy atom. The second-order valence-corrected chi connectivity index (χ2v) is 6.91. The van der Waals surface area contributed by atoms with Gasteiger partial charge >= 0.3 is 0 Å². The molecule has 2 N–H and O–H groups in total. The van der Waals surface area contributed by atoms with Crippen LogP contribution in [-0.4, -0.2) is 23.2 Å². The number of hydrogen-bond donors (Lipinski definition) is 2. The molecule has 2 aliphatic rings. The molecule has 0 bridgehead atoms. The van der Waals surface area contributed by atoms with E-state index in [4.69, 9.17) is 0 Å². The zero-order chi connectivity index (χ0) is 14.8. The second kappa shape index (κ2) is 6.06. The maximum absolute atomic E-state index is 4.63. The van der Waals surface area contributed by atoms with Crippen molar-refractivity contribution in [2.75, 3.05) is 11.5 Å². The van der Waals surface area contributed by atoms with Gasteiger partial charge in [0.15, 0.2) is 0 Å². The molecule has 2 aromatic carbocycles. The van der Waals surface area contributed by atoms with Crippen LogP contribution < -0.4 is 10.9 Å². The molecule has 6 heteroatoms. The van der Waals surface area contributed by atoms with Gasteiger partial charge < -0.3 is 0 Å². The van der Waals surface area contributed by atoms with E-state index in [1.54, 1.807) is 23.5 Å². The molecular formula is C16H14N4S2. The fraction of sp³-hybridized carbons (Fsp3) is 0.125. The number of amidine groups is 2. The van der Waals surface area contributed by atoms with Gasteiger partial charge in [-0.3, -0.25) is 10.9 Å². The van der Waals surface area contributed by atoms with Crippen molar-refractivity contribution in [2.45, 2.75) is 9.79 Å². The van der Waals surface area contributed by atoms with Crippen LogP contribution in [0.2, 0.25) is 0 Å². The summed E-state index contributed by atoms with van der Waals surface area (Å²) >= 11 is 3.59. The Kier molecular flexibility index (Phi) is 3.78. The summed E-state index contributed by atoms with van der Waals surface area (Å²) in [6.45, 7) is 0. The molecule has 0 fully saturated rings. The Labute approximate surface area is 137 Å². The zero-order valence-corrected chi connectivity index (χ0v) is 13.4. The molecule has 22 heavy (non-hydrogen) atoms. The number of rotatable bonds is 0. The maximum Gasteiger partial charge on any atom is 0.131 e. The van der Waals surface area contributed by atoms with Gasteiger partial charge in [-0.05, 0) is 24.3 Å². The van der Waals surface area contributed by atoms with Crippen molar-refractivity contribution >= 4 is 46.6 Å². The van der Waals surface area contributed by atoms with Crippen LogP contribution in [0.3, 0.4) is 0 Å². The molecule has 0 saturated carbocycles. The minimum atomic E-state index is 0.834. The van der Waals surface area contributed by atoms with Crippen LogP contribution in [0.5, 0.6) is 0 Å². The van der Waals surface area contributed by atoms with Crippen molar-refractivity contribution in [2.24, 2.45) is 9.98 Å². The number of nitrogens with one attached hydrogen (secondary N) is 2. The summed E-state index contributed by atoms with van der Waals surface area (Å²) in [4.78, 5) is 11.7. The lowest BCUT2D eigenvalue weighted by Gasteiger charge is -2.20. The number of benzene rings is 2. The topological polar surface area (TPSA) is 48.8 Å². The van der Waals surface area contributed by atoms with Gasteiger partial charge in [0.2, 0.25) is 0 Å². The van der Waals surface area contributed by atoms with Crippen molar-refractivity contribution < 1.29 is 0 Å². The van der Waals surface area contributed by atoms with Crippen LogP contribution >= 0.6 is 23.5 Å². The number of hydrazine groups is 1. The molecule has 2 aliphatic heterocycles. The van der Waals surface area contributed by atoms with Crippen LogP contribution in [0.15, 0.2) is 68.3 Å². The van der Waals surface area contributed by atoms with Crippen LogP contribution in [-0.2, 0) is 0 Å². The summed E-state index contributed by atoms with van der Waals surface area (Å²) in [7, 11) is 0. The lowest BCUT2D eigenvalue weighted by Crippen LogP contribution is -2.44. The lowest BCUT2D eigenvalue weighted by molar-refractivity contribution is 0.853. The fourth-order valence-corrected chi connectivity index (χ4v) is 3.99. The molecule has 0 unspecified atom stereocenters. The van der Waals surface area contributed by atoms with E-state index < -0.39 is 0 Å². The van der Waals surface area contributed by atoms with Gasteiger partial charge in [-0.1, -0.05) is 24.3 Å². The first-order valence-corrected chi connectivity index (χ1v) is 8.96. The molecule has 4 nitrogen and oxygen atoms in total. The Balaban J connectivity index is 1.46. The SMILES string of the molecule is c1ccc2c(c1)N=C(NNC1=Nc3ccccc3SC1)CS2. The van der Waals surface area contributed by atoms with E-state index in [-0.39, 0.29) is 0 Å². The summed E-state index contributed by atoms with van der Waals surface area (Å²) in [5.74, 6) is 3.52. The summed E-state index contributed by atoms with van der Waals surface area (Å²) in [5.41, 5.74) is 8.44. The Hall–Kier alpha value is -1.92. The van der Waals surface area contributed by atoms with Crippen LogP contribution in [0, 0.1) is 0 Å². The van der Waals surface area contributed by atoms with E-state index >= 15 is 0 Å². The maximum atomic E-state index is 4.63. The predicted octanol–water partition coefficient (Wildman–Crippen LogP) is 3.75. The molecule has 2 heterocycles. The summed E-state index contributed by atoms with van der Waals surface area (Å²) in [5, 5.41) is 0. The predicted molar refractivity (Wildman–Crippen MR) is 94.8 cm³/mol. The lowest BCUT2D eigenvalue weighted by atomic mass is 10.3. The number of nitrogens with zero attached hydrogens (tertiary/aromatic N) is 2. The number of para-hydroxylation sites is 2. The summed E-state index contributed by atoms with van der Waals surface area (Å²) in [6, 6.07) is 16.4. The highest BCUT2D eigenvalue weighted by Gasteiger charge is 2.14. The smallest absolute Gasteiger partial charge is 0.131 e. The molecule has 0 amide bonds. The molecule has 0 radical (unpaired) electrons. The van der Waals surface area contributed by atoms with Gasteiger partial charge in [-0.25, -0.2) is 9.98 Å². The third-order valence-corrected chi connectivity index (χ3v) is 5.47. The second-order valence-electron chi connectivity index (χ2n) is 4.88. The molecule has 0 saturated heterocycles. The zero-order valence-electron chi connectivity index (χ0n) is 11.7. The average molecular weight is 326 g/mol. The molecule has 0 aromatic heterocycles. The van der Waals surface area contributed by atoms with E-state index in [0.29, 0.717) is 0 Å². The quantitative estimate of drug-likeness (QED) is 0.724. The normalized spacial score (nSPS) is 16.0. The average Bonchev–Trinajstić information content (AvgIpc) is 2.59. The van der Waals surface area contributed by atoms with Crippen molar-refractivity contribution in [1.82, 2.24) is 10.9 Å². The Morgan fingerprint density at radius 1 is 0.682 bits per heavy atom. The summed E-state index contributed by atoms with van der Waals surface area (Å²) in [6.07, 6.45) is 0. The van der Waals surface area contributed by atoms with E-state index in [9.17, 15) is 0 Å². The minimum absolute atomic E-state index is 0.834. The largest absolute Gasteiger partial charge is 0.286 e. The molecule has 0 atom stereocenters. The van der Waals surface area contributed by atoms with E-state index in [1.807, 2.05) is 36.4 Å². The first-order chi connectivity index (χ1) is 10.9. The molecule has 4 rings (SSSR count). The van der Waals surface area contributed by atoms with E-state index in [2.05, 4.69) is 33.0 Å². The Bertz CT molecular complexity index is 705. The molecule has 110 valence electrons. The Morgan fingerprint density at radius 3 is 1.64 bits per heavy atom. The van der Waals surface area contributed by atoms with Gasteiger partial charge in [-0.15, -0.1) is 23.5 Å². The molecule has 0 aliphatic carbocycles. The number of thioether (sulfide) groups is 2. The molecule has 2 aromatic rings. The van der Waals surface area contributed by atoms with Gasteiger partial charge in [0, 0.05) is 9.79 Å². The monoisotopic (exact) mass is 326 g/mol. The summed E-state index contributed by atoms with van der Waals surface area (Å²) < 4.78 is 0. The van der Waals surface area contributed by atoms with Crippen molar-refractivity contribution in [3.8, 4) is 0 Å². The van der Waals surface area contributed by atoms with Crippen LogP contribution in [0.1, 0.15) is 0 Å². The van der Waals surface area contributed by atoms with Crippen molar-refractivity contribution in [3.05, 3.63) is 48.5 Å².